The molecule has 1 rings (SSSR count). The average Bonchev–Trinajstić information content (AvgIpc) is 2.75. The number of ketones is 1. The summed E-state index contributed by atoms with van der Waals surface area (Å²) in [6, 6.07) is 0. The summed E-state index contributed by atoms with van der Waals surface area (Å²) < 4.78 is 0. The van der Waals surface area contributed by atoms with Gasteiger partial charge in [-0.2, -0.15) is 0 Å². The lowest BCUT2D eigenvalue weighted by Gasteiger charge is -2.02. The van der Waals surface area contributed by atoms with Crippen LogP contribution in [0.15, 0.2) is 12.7 Å². The van der Waals surface area contributed by atoms with Crippen molar-refractivity contribution in [2.75, 3.05) is 0 Å². The molecule has 0 aromatic carbocycles. The highest BCUT2D eigenvalue weighted by Gasteiger charge is 2.49. The Morgan fingerprint density at radius 3 is 2.57 bits per heavy atom. The van der Waals surface area contributed by atoms with Gasteiger partial charge in [0.15, 0.2) is 0 Å². The van der Waals surface area contributed by atoms with Crippen molar-refractivity contribution in [1.29, 1.82) is 0 Å². The molecule has 0 aliphatic heterocycles. The Bertz CT molecular complexity index is 215. The molecule has 0 saturated heterocycles. The lowest BCUT2D eigenvalue weighted by atomic mass is 10.0. The van der Waals surface area contributed by atoms with Gasteiger partial charge in [0.1, 0.15) is 5.78 Å². The zero-order valence-corrected chi connectivity index (χ0v) is 9.51. The summed E-state index contributed by atoms with van der Waals surface area (Å²) in [5.74, 6) is 0.871. The molecule has 1 fully saturated rings. The zero-order valence-electron chi connectivity index (χ0n) is 9.51. The first kappa shape index (κ1) is 11.5. The van der Waals surface area contributed by atoms with E-state index < -0.39 is 0 Å². The van der Waals surface area contributed by atoms with Gasteiger partial charge in [0.05, 0.1) is 0 Å². The Labute approximate surface area is 87.6 Å². The highest BCUT2D eigenvalue weighted by Crippen LogP contribution is 2.52. The molecule has 0 heterocycles. The van der Waals surface area contributed by atoms with E-state index in [2.05, 4.69) is 20.4 Å². The zero-order chi connectivity index (χ0) is 10.6. The minimum absolute atomic E-state index is 0.318. The molecule has 0 aromatic rings. The summed E-state index contributed by atoms with van der Waals surface area (Å²) >= 11 is 0. The molecule has 1 aliphatic carbocycles. The second-order valence-electron chi connectivity index (χ2n) is 5.10. The van der Waals surface area contributed by atoms with Gasteiger partial charge in [0, 0.05) is 12.3 Å². The summed E-state index contributed by atoms with van der Waals surface area (Å²) in [6.45, 7) is 8.06. The van der Waals surface area contributed by atoms with Crippen LogP contribution in [0.3, 0.4) is 0 Å². The second-order valence-corrected chi connectivity index (χ2v) is 5.10. The molecule has 0 amide bonds. The Morgan fingerprint density at radius 2 is 2.07 bits per heavy atom. The summed E-state index contributed by atoms with van der Waals surface area (Å²) in [5.41, 5.74) is 0.318. The van der Waals surface area contributed by atoms with Crippen LogP contribution in [0, 0.1) is 11.3 Å². The van der Waals surface area contributed by atoms with Gasteiger partial charge in [0.2, 0.25) is 0 Å². The van der Waals surface area contributed by atoms with Gasteiger partial charge < -0.3 is 0 Å². The first-order valence-electron chi connectivity index (χ1n) is 5.71. The van der Waals surface area contributed by atoms with Crippen molar-refractivity contribution < 1.29 is 4.79 Å². The van der Waals surface area contributed by atoms with Gasteiger partial charge in [-0.25, -0.2) is 0 Å². The standard InChI is InChI=1S/C13H22O/c1-4-5-6-7-8-9-12(14)11-10-13(11,2)3/h4,11H,1,5-10H2,2-3H3. The SMILES string of the molecule is C=CCCCCCC(=O)C1CC1(C)C. The van der Waals surface area contributed by atoms with Crippen LogP contribution < -0.4 is 0 Å². The van der Waals surface area contributed by atoms with E-state index in [0.717, 1.165) is 25.7 Å². The predicted molar refractivity (Wildman–Crippen MR) is 60.2 cm³/mol. The molecule has 1 saturated carbocycles. The van der Waals surface area contributed by atoms with Crippen LogP contribution in [0.4, 0.5) is 0 Å². The number of hydrogen-bond acceptors (Lipinski definition) is 1. The molecule has 0 radical (unpaired) electrons. The smallest absolute Gasteiger partial charge is 0.136 e. The third-order valence-electron chi connectivity index (χ3n) is 3.23. The molecule has 14 heavy (non-hydrogen) atoms. The Balaban J connectivity index is 2.02. The van der Waals surface area contributed by atoms with Crippen LogP contribution in [-0.4, -0.2) is 5.78 Å². The summed E-state index contributed by atoms with van der Waals surface area (Å²) in [6.07, 6.45) is 8.37. The Kier molecular flexibility index (Phi) is 3.91. The Hall–Kier alpha value is -0.590. The molecule has 80 valence electrons. The minimum atomic E-state index is 0.318. The molecule has 0 N–H and O–H groups in total. The summed E-state index contributed by atoms with van der Waals surface area (Å²) in [5, 5.41) is 0. The van der Waals surface area contributed by atoms with Crippen molar-refractivity contribution in [3.05, 3.63) is 12.7 Å². The van der Waals surface area contributed by atoms with Gasteiger partial charge >= 0.3 is 0 Å². The fourth-order valence-corrected chi connectivity index (χ4v) is 1.96. The van der Waals surface area contributed by atoms with Gasteiger partial charge in [-0.05, 0) is 31.1 Å². The van der Waals surface area contributed by atoms with Crippen LogP contribution in [-0.2, 0) is 4.79 Å². The van der Waals surface area contributed by atoms with E-state index in [1.54, 1.807) is 0 Å². The average molecular weight is 194 g/mol. The van der Waals surface area contributed by atoms with Crippen molar-refractivity contribution in [2.45, 2.75) is 52.4 Å². The summed E-state index contributed by atoms with van der Waals surface area (Å²) in [7, 11) is 0. The molecule has 1 aliphatic rings. The fourth-order valence-electron chi connectivity index (χ4n) is 1.96. The maximum atomic E-state index is 11.6. The van der Waals surface area contributed by atoms with Crippen LogP contribution in [0.5, 0.6) is 0 Å². The monoisotopic (exact) mass is 194 g/mol. The van der Waals surface area contributed by atoms with Crippen molar-refractivity contribution in [3.63, 3.8) is 0 Å². The van der Waals surface area contributed by atoms with Crippen molar-refractivity contribution >= 4 is 5.78 Å². The van der Waals surface area contributed by atoms with Crippen LogP contribution in [0.25, 0.3) is 0 Å². The number of unbranched alkanes of at least 4 members (excludes halogenated alkanes) is 3. The molecule has 0 bridgehead atoms. The van der Waals surface area contributed by atoms with Crippen LogP contribution >= 0.6 is 0 Å². The third-order valence-corrected chi connectivity index (χ3v) is 3.23. The third kappa shape index (κ3) is 3.28. The van der Waals surface area contributed by atoms with E-state index in [1.165, 1.54) is 12.8 Å². The lowest BCUT2D eigenvalue weighted by molar-refractivity contribution is -0.121. The molecular weight excluding hydrogens is 172 g/mol. The van der Waals surface area contributed by atoms with Gasteiger partial charge in [0.25, 0.3) is 0 Å². The Morgan fingerprint density at radius 1 is 1.43 bits per heavy atom. The molecule has 1 unspecified atom stereocenters. The van der Waals surface area contributed by atoms with E-state index in [4.69, 9.17) is 0 Å². The molecule has 1 nitrogen and oxygen atoms in total. The molecule has 1 atom stereocenters. The van der Waals surface area contributed by atoms with Gasteiger partial charge in [-0.3, -0.25) is 4.79 Å². The van der Waals surface area contributed by atoms with Gasteiger partial charge in [-0.1, -0.05) is 26.3 Å². The topological polar surface area (TPSA) is 17.1 Å². The maximum absolute atomic E-state index is 11.6. The number of carbonyl (C=O) groups is 1. The van der Waals surface area contributed by atoms with E-state index in [1.807, 2.05) is 6.08 Å². The predicted octanol–water partition coefficient (Wildman–Crippen LogP) is 3.74. The summed E-state index contributed by atoms with van der Waals surface area (Å²) in [4.78, 5) is 11.6. The van der Waals surface area contributed by atoms with Crippen molar-refractivity contribution in [2.24, 2.45) is 11.3 Å². The van der Waals surface area contributed by atoms with E-state index >= 15 is 0 Å². The second kappa shape index (κ2) is 4.77. The minimum Gasteiger partial charge on any atom is -0.299 e. The fraction of sp³-hybridized carbons (Fsp3) is 0.769. The number of Topliss-reactive ketones (excluding diaryl/α,β-unsaturated/α-hetero) is 1. The number of allylic oxidation sites excluding steroid dienone is 1. The largest absolute Gasteiger partial charge is 0.299 e. The highest BCUT2D eigenvalue weighted by molar-refractivity contribution is 5.84. The van der Waals surface area contributed by atoms with Crippen LogP contribution in [0.2, 0.25) is 0 Å². The molecular formula is C13H22O. The first-order valence-corrected chi connectivity index (χ1v) is 5.71. The lowest BCUT2D eigenvalue weighted by Crippen LogP contribution is -2.05. The van der Waals surface area contributed by atoms with Crippen molar-refractivity contribution in [3.8, 4) is 0 Å². The maximum Gasteiger partial charge on any atom is 0.136 e. The quantitative estimate of drug-likeness (QED) is 0.446. The molecule has 0 aromatic heterocycles. The van der Waals surface area contributed by atoms with E-state index in [0.29, 0.717) is 17.1 Å². The number of rotatable bonds is 7. The first-order chi connectivity index (χ1) is 6.58. The van der Waals surface area contributed by atoms with E-state index in [9.17, 15) is 4.79 Å². The number of hydrogen-bond donors (Lipinski definition) is 0. The number of carbonyl (C=O) groups excluding carboxylic acids is 1. The van der Waals surface area contributed by atoms with E-state index in [-0.39, 0.29) is 0 Å². The van der Waals surface area contributed by atoms with Crippen molar-refractivity contribution in [1.82, 2.24) is 0 Å². The molecule has 0 spiro atoms. The highest BCUT2D eigenvalue weighted by atomic mass is 16.1. The van der Waals surface area contributed by atoms with Crippen LogP contribution in [0.1, 0.15) is 52.4 Å². The van der Waals surface area contributed by atoms with Gasteiger partial charge in [-0.15, -0.1) is 6.58 Å². The normalized spacial score (nSPS) is 23.1. The molecule has 1 heteroatoms.